The highest BCUT2D eigenvalue weighted by Crippen LogP contribution is 2.17. The number of hydrogen-bond donors (Lipinski definition) is 0. The molecule has 3 rings (SSSR count). The Bertz CT molecular complexity index is 851. The summed E-state index contributed by atoms with van der Waals surface area (Å²) in [6.45, 7) is 1.56. The highest BCUT2D eigenvalue weighted by molar-refractivity contribution is 7.89. The van der Waals surface area contributed by atoms with Gasteiger partial charge < -0.3 is 9.64 Å². The minimum Gasteiger partial charge on any atom is -0.445 e. The van der Waals surface area contributed by atoms with Crippen molar-refractivity contribution in [3.8, 4) is 0 Å². The van der Waals surface area contributed by atoms with Gasteiger partial charge in [-0.3, -0.25) is 4.68 Å². The Morgan fingerprint density at radius 3 is 2.62 bits per heavy atom. The molecule has 140 valence electrons. The molecule has 0 aliphatic carbocycles. The first kappa shape index (κ1) is 18.4. The van der Waals surface area contributed by atoms with Crippen molar-refractivity contribution in [2.75, 3.05) is 26.2 Å². The number of benzene rings is 1. The highest BCUT2D eigenvalue weighted by atomic mass is 32.2. The number of carbonyl (C=O) groups is 1. The van der Waals surface area contributed by atoms with E-state index in [0.717, 1.165) is 5.56 Å². The van der Waals surface area contributed by atoms with Crippen molar-refractivity contribution in [1.82, 2.24) is 19.0 Å². The first-order chi connectivity index (χ1) is 12.5. The van der Waals surface area contributed by atoms with Gasteiger partial charge in [-0.25, -0.2) is 13.2 Å². The van der Waals surface area contributed by atoms with Gasteiger partial charge in [0.15, 0.2) is 0 Å². The van der Waals surface area contributed by atoms with Crippen LogP contribution in [-0.4, -0.2) is 59.7 Å². The van der Waals surface area contributed by atoms with Gasteiger partial charge in [0.05, 0.1) is 6.20 Å². The average Bonchev–Trinajstić information content (AvgIpc) is 2.93. The molecule has 1 aromatic heterocycles. The van der Waals surface area contributed by atoms with Crippen LogP contribution < -0.4 is 0 Å². The molecule has 8 nitrogen and oxygen atoms in total. The number of sulfonamides is 1. The minimum absolute atomic E-state index is 0.167. The van der Waals surface area contributed by atoms with Gasteiger partial charge in [0.2, 0.25) is 10.0 Å². The van der Waals surface area contributed by atoms with Crippen molar-refractivity contribution in [2.24, 2.45) is 7.05 Å². The monoisotopic (exact) mass is 378 g/mol. The van der Waals surface area contributed by atoms with Crippen molar-refractivity contribution >= 4 is 16.1 Å². The number of hydrogen-bond acceptors (Lipinski definition) is 5. The van der Waals surface area contributed by atoms with Gasteiger partial charge in [0, 0.05) is 39.4 Å². The third kappa shape index (κ3) is 4.23. The maximum absolute atomic E-state index is 12.7. The van der Waals surface area contributed by atoms with Gasteiger partial charge in [-0.15, -0.1) is 0 Å². The summed E-state index contributed by atoms with van der Waals surface area (Å²) in [7, 11) is -1.93. The van der Waals surface area contributed by atoms with Crippen LogP contribution in [0.25, 0.3) is 0 Å². The summed E-state index contributed by atoms with van der Waals surface area (Å²) in [4.78, 5) is 14.0. The van der Waals surface area contributed by atoms with Crippen LogP contribution in [0.15, 0.2) is 47.6 Å². The number of amides is 1. The molecule has 26 heavy (non-hydrogen) atoms. The molecule has 1 amide bonds. The summed E-state index contributed by atoms with van der Waals surface area (Å²) in [5, 5.41) is 3.92. The quantitative estimate of drug-likeness (QED) is 0.804. The Morgan fingerprint density at radius 2 is 1.92 bits per heavy atom. The van der Waals surface area contributed by atoms with Crippen LogP contribution in [0.5, 0.6) is 0 Å². The summed E-state index contributed by atoms with van der Waals surface area (Å²) in [6.07, 6.45) is 2.95. The molecule has 1 aliphatic heterocycles. The smallest absolute Gasteiger partial charge is 0.410 e. The van der Waals surface area contributed by atoms with Crippen molar-refractivity contribution in [2.45, 2.75) is 17.9 Å². The molecule has 0 unspecified atom stereocenters. The second-order valence-electron chi connectivity index (χ2n) is 6.13. The molecule has 0 spiro atoms. The maximum atomic E-state index is 12.7. The van der Waals surface area contributed by atoms with Crippen LogP contribution in [0, 0.1) is 0 Å². The SMILES string of the molecule is Cn1cc(S(=O)(=O)N2CCCN(C(=O)OCc3ccccc3)CC2)cn1. The van der Waals surface area contributed by atoms with Crippen LogP contribution in [0.3, 0.4) is 0 Å². The fourth-order valence-corrected chi connectivity index (χ4v) is 4.26. The topological polar surface area (TPSA) is 84.7 Å². The van der Waals surface area contributed by atoms with Crippen LogP contribution in [0.4, 0.5) is 4.79 Å². The molecule has 0 radical (unpaired) electrons. The second kappa shape index (κ2) is 7.88. The molecule has 1 aliphatic rings. The average molecular weight is 378 g/mol. The number of nitrogens with zero attached hydrogens (tertiary/aromatic N) is 4. The lowest BCUT2D eigenvalue weighted by Gasteiger charge is -2.21. The van der Waals surface area contributed by atoms with Crippen LogP contribution in [0.1, 0.15) is 12.0 Å². The molecule has 2 aromatic rings. The number of aromatic nitrogens is 2. The van der Waals surface area contributed by atoms with Crippen LogP contribution in [-0.2, 0) is 28.4 Å². The zero-order chi connectivity index (χ0) is 18.6. The van der Waals surface area contributed by atoms with E-state index in [9.17, 15) is 13.2 Å². The fraction of sp³-hybridized carbons (Fsp3) is 0.412. The Balaban J connectivity index is 1.58. The Kier molecular flexibility index (Phi) is 5.58. The summed E-state index contributed by atoms with van der Waals surface area (Å²) in [6, 6.07) is 9.44. The Hall–Kier alpha value is -2.39. The van der Waals surface area contributed by atoms with Gasteiger partial charge >= 0.3 is 6.09 Å². The zero-order valence-electron chi connectivity index (χ0n) is 14.6. The normalized spacial score (nSPS) is 16.3. The summed E-state index contributed by atoms with van der Waals surface area (Å²) < 4.78 is 33.5. The lowest BCUT2D eigenvalue weighted by Crippen LogP contribution is -2.37. The van der Waals surface area contributed by atoms with Crippen molar-refractivity contribution in [3.63, 3.8) is 0 Å². The molecule has 0 saturated carbocycles. The highest BCUT2D eigenvalue weighted by Gasteiger charge is 2.29. The van der Waals surface area contributed by atoms with Gasteiger partial charge in [-0.2, -0.15) is 9.40 Å². The maximum Gasteiger partial charge on any atom is 0.410 e. The van der Waals surface area contributed by atoms with Gasteiger partial charge in [0.25, 0.3) is 0 Å². The minimum atomic E-state index is -3.60. The molecule has 9 heteroatoms. The van der Waals surface area contributed by atoms with Gasteiger partial charge in [0.1, 0.15) is 11.5 Å². The molecular weight excluding hydrogens is 356 g/mol. The third-order valence-electron chi connectivity index (χ3n) is 4.24. The van der Waals surface area contributed by atoms with E-state index >= 15 is 0 Å². The van der Waals surface area contributed by atoms with E-state index in [1.54, 1.807) is 11.9 Å². The molecular formula is C17H22N4O4S. The Morgan fingerprint density at radius 1 is 1.15 bits per heavy atom. The second-order valence-corrected chi connectivity index (χ2v) is 8.07. The van der Waals surface area contributed by atoms with E-state index in [0.29, 0.717) is 26.1 Å². The van der Waals surface area contributed by atoms with E-state index in [-0.39, 0.29) is 18.0 Å². The van der Waals surface area contributed by atoms with Crippen molar-refractivity contribution in [3.05, 3.63) is 48.3 Å². The number of carbonyl (C=O) groups excluding carboxylic acids is 1. The number of aryl methyl sites for hydroxylation is 1. The first-order valence-electron chi connectivity index (χ1n) is 8.41. The van der Waals surface area contributed by atoms with E-state index in [2.05, 4.69) is 5.10 Å². The molecule has 0 atom stereocenters. The van der Waals surface area contributed by atoms with Gasteiger partial charge in [-0.05, 0) is 12.0 Å². The van der Waals surface area contributed by atoms with Crippen molar-refractivity contribution in [1.29, 1.82) is 0 Å². The van der Waals surface area contributed by atoms with E-state index < -0.39 is 16.1 Å². The first-order valence-corrected chi connectivity index (χ1v) is 9.85. The third-order valence-corrected chi connectivity index (χ3v) is 6.09. The molecule has 0 N–H and O–H groups in total. The van der Waals surface area contributed by atoms with E-state index in [4.69, 9.17) is 4.74 Å². The number of ether oxygens (including phenoxy) is 1. The summed E-state index contributed by atoms with van der Waals surface area (Å²) in [5.74, 6) is 0. The molecule has 0 bridgehead atoms. The zero-order valence-corrected chi connectivity index (χ0v) is 15.4. The lowest BCUT2D eigenvalue weighted by atomic mass is 10.2. The van der Waals surface area contributed by atoms with Crippen molar-refractivity contribution < 1.29 is 17.9 Å². The standard InChI is InChI=1S/C17H22N4O4S/c1-19-13-16(12-18-19)26(23,24)21-9-5-8-20(10-11-21)17(22)25-14-15-6-3-2-4-7-15/h2-4,6-7,12-13H,5,8-11,14H2,1H3. The van der Waals surface area contributed by atoms with Gasteiger partial charge in [-0.1, -0.05) is 30.3 Å². The predicted octanol–water partition coefficient (Wildman–Crippen LogP) is 1.45. The van der Waals surface area contributed by atoms with Crippen LogP contribution in [0.2, 0.25) is 0 Å². The number of rotatable bonds is 4. The summed E-state index contributed by atoms with van der Waals surface area (Å²) in [5.41, 5.74) is 0.913. The van der Waals surface area contributed by atoms with E-state index in [1.165, 1.54) is 21.4 Å². The molecule has 2 heterocycles. The lowest BCUT2D eigenvalue weighted by molar-refractivity contribution is 0.0980. The molecule has 1 aromatic carbocycles. The predicted molar refractivity (Wildman–Crippen MR) is 94.8 cm³/mol. The Labute approximate surface area is 153 Å². The van der Waals surface area contributed by atoms with Crippen LogP contribution >= 0.6 is 0 Å². The molecule has 1 saturated heterocycles. The fourth-order valence-electron chi connectivity index (χ4n) is 2.81. The van der Waals surface area contributed by atoms with E-state index in [1.807, 2.05) is 30.3 Å². The molecule has 1 fully saturated rings. The largest absolute Gasteiger partial charge is 0.445 e. The summed E-state index contributed by atoms with van der Waals surface area (Å²) >= 11 is 0.